The summed E-state index contributed by atoms with van der Waals surface area (Å²) < 4.78 is 0. The van der Waals surface area contributed by atoms with E-state index in [4.69, 9.17) is 0 Å². The molecule has 0 aliphatic heterocycles. The van der Waals surface area contributed by atoms with Crippen molar-refractivity contribution < 1.29 is 0 Å². The van der Waals surface area contributed by atoms with E-state index >= 15 is 0 Å². The van der Waals surface area contributed by atoms with Crippen LogP contribution in [0.15, 0.2) is 17.2 Å². The van der Waals surface area contributed by atoms with Crippen molar-refractivity contribution in [2.75, 3.05) is 6.54 Å². The Balaban J connectivity index is 2.51. The second-order valence-corrected chi connectivity index (χ2v) is 4.36. The van der Waals surface area contributed by atoms with Gasteiger partial charge in [-0.3, -0.25) is 0 Å². The number of hydrogen-bond acceptors (Lipinski definition) is 3. The lowest BCUT2D eigenvalue weighted by Crippen LogP contribution is -2.27. The summed E-state index contributed by atoms with van der Waals surface area (Å²) >= 11 is 1.68. The van der Waals surface area contributed by atoms with Crippen molar-refractivity contribution in [3.63, 3.8) is 0 Å². The molecule has 0 aromatic carbocycles. The normalized spacial score (nSPS) is 14.4. The van der Waals surface area contributed by atoms with E-state index in [0.717, 1.165) is 11.6 Å². The van der Waals surface area contributed by atoms with Crippen LogP contribution < -0.4 is 5.32 Å². The first-order chi connectivity index (χ1) is 6.74. The minimum atomic E-state index is 0.443. The molecule has 0 radical (unpaired) electrons. The van der Waals surface area contributed by atoms with Crippen LogP contribution in [0.1, 0.15) is 32.2 Å². The summed E-state index contributed by atoms with van der Waals surface area (Å²) in [6.07, 6.45) is 5.17. The van der Waals surface area contributed by atoms with Gasteiger partial charge in [0.15, 0.2) is 0 Å². The number of thiazole rings is 1. The maximum Gasteiger partial charge on any atom is 0.115 e. The molecule has 1 N–H and O–H groups in total. The monoisotopic (exact) mass is 210 g/mol. The molecule has 0 saturated carbocycles. The summed E-state index contributed by atoms with van der Waals surface area (Å²) in [6, 6.07) is 0.443. The van der Waals surface area contributed by atoms with Gasteiger partial charge in [0, 0.05) is 17.6 Å². The molecule has 1 atom stereocenters. The maximum atomic E-state index is 4.23. The Morgan fingerprint density at radius 2 is 2.50 bits per heavy atom. The Morgan fingerprint density at radius 3 is 3.07 bits per heavy atom. The Labute approximate surface area is 90.1 Å². The van der Waals surface area contributed by atoms with Crippen molar-refractivity contribution in [3.05, 3.63) is 22.2 Å². The van der Waals surface area contributed by atoms with Crippen LogP contribution >= 0.6 is 11.3 Å². The largest absolute Gasteiger partial charge is 0.311 e. The molecule has 1 aromatic heterocycles. The first-order valence-electron chi connectivity index (χ1n) is 5.05. The Hall–Kier alpha value is -0.670. The van der Waals surface area contributed by atoms with E-state index in [1.165, 1.54) is 12.0 Å². The number of hydrogen-bond donors (Lipinski definition) is 1. The first kappa shape index (κ1) is 11.4. The summed E-state index contributed by atoms with van der Waals surface area (Å²) in [5.41, 5.74) is 1.34. The molecule has 0 saturated heterocycles. The molecule has 1 heterocycles. The molecule has 1 rings (SSSR count). The fraction of sp³-hybridized carbons (Fsp3) is 0.545. The minimum absolute atomic E-state index is 0.443. The standard InChI is InChI=1S/C11H18N2S/c1-4-5-12-10(3)9(2)8-11-13-6-7-14-11/h6-8,10,12H,4-5H2,1-3H3/b9-8+. The summed E-state index contributed by atoms with van der Waals surface area (Å²) in [5, 5.41) is 6.55. The maximum absolute atomic E-state index is 4.23. The van der Waals surface area contributed by atoms with Gasteiger partial charge in [-0.1, -0.05) is 12.5 Å². The third-order valence-electron chi connectivity index (χ3n) is 2.19. The highest BCUT2D eigenvalue weighted by Crippen LogP contribution is 2.11. The van der Waals surface area contributed by atoms with Gasteiger partial charge in [-0.05, 0) is 32.9 Å². The smallest absolute Gasteiger partial charge is 0.115 e. The summed E-state index contributed by atoms with van der Waals surface area (Å²) in [5.74, 6) is 0. The van der Waals surface area contributed by atoms with E-state index in [-0.39, 0.29) is 0 Å². The predicted octanol–water partition coefficient (Wildman–Crippen LogP) is 2.93. The molecular weight excluding hydrogens is 192 g/mol. The third-order valence-corrected chi connectivity index (χ3v) is 2.91. The van der Waals surface area contributed by atoms with Crippen LogP contribution in [0.4, 0.5) is 0 Å². The molecule has 78 valence electrons. The van der Waals surface area contributed by atoms with Crippen LogP contribution in [-0.2, 0) is 0 Å². The molecule has 14 heavy (non-hydrogen) atoms. The van der Waals surface area contributed by atoms with Gasteiger partial charge in [0.25, 0.3) is 0 Å². The van der Waals surface area contributed by atoms with Crippen molar-refractivity contribution in [2.45, 2.75) is 33.2 Å². The lowest BCUT2D eigenvalue weighted by atomic mass is 10.1. The Morgan fingerprint density at radius 1 is 1.71 bits per heavy atom. The fourth-order valence-electron chi connectivity index (χ4n) is 1.15. The van der Waals surface area contributed by atoms with E-state index in [0.29, 0.717) is 6.04 Å². The zero-order chi connectivity index (χ0) is 10.4. The topological polar surface area (TPSA) is 24.9 Å². The van der Waals surface area contributed by atoms with Gasteiger partial charge >= 0.3 is 0 Å². The van der Waals surface area contributed by atoms with Gasteiger partial charge in [-0.25, -0.2) is 4.98 Å². The van der Waals surface area contributed by atoms with Gasteiger partial charge in [0.2, 0.25) is 0 Å². The fourth-order valence-corrected chi connectivity index (χ4v) is 1.78. The van der Waals surface area contributed by atoms with Crippen LogP contribution in [0.25, 0.3) is 6.08 Å². The van der Waals surface area contributed by atoms with Crippen LogP contribution in [-0.4, -0.2) is 17.6 Å². The van der Waals surface area contributed by atoms with Gasteiger partial charge in [-0.15, -0.1) is 11.3 Å². The van der Waals surface area contributed by atoms with Crippen molar-refractivity contribution in [2.24, 2.45) is 0 Å². The second kappa shape index (κ2) is 5.94. The zero-order valence-corrected chi connectivity index (χ0v) is 9.90. The molecule has 1 unspecified atom stereocenters. The second-order valence-electron chi connectivity index (χ2n) is 3.43. The molecule has 1 aromatic rings. The van der Waals surface area contributed by atoms with Crippen molar-refractivity contribution in [3.8, 4) is 0 Å². The van der Waals surface area contributed by atoms with Gasteiger partial charge < -0.3 is 5.32 Å². The van der Waals surface area contributed by atoms with E-state index in [9.17, 15) is 0 Å². The summed E-state index contributed by atoms with van der Waals surface area (Å²) in [4.78, 5) is 4.23. The SMILES string of the molecule is CCCNC(C)/C(C)=C/c1nccs1. The average molecular weight is 210 g/mol. The van der Waals surface area contributed by atoms with E-state index in [2.05, 4.69) is 37.1 Å². The van der Waals surface area contributed by atoms with Crippen LogP contribution in [0.3, 0.4) is 0 Å². The highest BCUT2D eigenvalue weighted by atomic mass is 32.1. The Kier molecular flexibility index (Phi) is 4.84. The third kappa shape index (κ3) is 3.60. The lowest BCUT2D eigenvalue weighted by molar-refractivity contribution is 0.604. The van der Waals surface area contributed by atoms with Gasteiger partial charge in [0.05, 0.1) is 0 Å². The van der Waals surface area contributed by atoms with E-state index in [1.807, 2.05) is 11.6 Å². The number of nitrogens with one attached hydrogen (secondary N) is 1. The molecule has 0 bridgehead atoms. The molecule has 0 spiro atoms. The lowest BCUT2D eigenvalue weighted by Gasteiger charge is -2.13. The Bertz CT molecular complexity index is 277. The minimum Gasteiger partial charge on any atom is -0.311 e. The van der Waals surface area contributed by atoms with Crippen molar-refractivity contribution >= 4 is 17.4 Å². The molecule has 3 heteroatoms. The quantitative estimate of drug-likeness (QED) is 0.808. The molecule has 0 aliphatic rings. The van der Waals surface area contributed by atoms with E-state index in [1.54, 1.807) is 11.3 Å². The van der Waals surface area contributed by atoms with Crippen LogP contribution in [0.2, 0.25) is 0 Å². The van der Waals surface area contributed by atoms with Crippen molar-refractivity contribution in [1.82, 2.24) is 10.3 Å². The number of aromatic nitrogens is 1. The van der Waals surface area contributed by atoms with Gasteiger partial charge in [0.1, 0.15) is 5.01 Å². The first-order valence-corrected chi connectivity index (χ1v) is 5.93. The molecule has 0 amide bonds. The predicted molar refractivity (Wildman–Crippen MR) is 63.5 cm³/mol. The molecular formula is C11H18N2S. The zero-order valence-electron chi connectivity index (χ0n) is 9.08. The number of rotatable bonds is 5. The number of nitrogens with zero attached hydrogens (tertiary/aromatic N) is 1. The molecule has 0 aliphatic carbocycles. The highest BCUT2D eigenvalue weighted by Gasteiger charge is 2.02. The summed E-state index contributed by atoms with van der Waals surface area (Å²) in [7, 11) is 0. The van der Waals surface area contributed by atoms with Crippen LogP contribution in [0.5, 0.6) is 0 Å². The van der Waals surface area contributed by atoms with Crippen LogP contribution in [0, 0.1) is 0 Å². The van der Waals surface area contributed by atoms with Crippen molar-refractivity contribution in [1.29, 1.82) is 0 Å². The van der Waals surface area contributed by atoms with E-state index < -0.39 is 0 Å². The van der Waals surface area contributed by atoms with Gasteiger partial charge in [-0.2, -0.15) is 0 Å². The average Bonchev–Trinajstić information content (AvgIpc) is 2.66. The highest BCUT2D eigenvalue weighted by molar-refractivity contribution is 7.10. The molecule has 2 nitrogen and oxygen atoms in total. The summed E-state index contributed by atoms with van der Waals surface area (Å²) in [6.45, 7) is 7.59. The molecule has 0 fully saturated rings.